The third kappa shape index (κ3) is 4.58. The van der Waals surface area contributed by atoms with Crippen molar-refractivity contribution in [3.8, 4) is 5.75 Å². The molecule has 4 nitrogen and oxygen atoms in total. The van der Waals surface area contributed by atoms with Crippen molar-refractivity contribution >= 4 is 10.0 Å². The molecule has 2 aromatic carbocycles. The first-order valence-corrected chi connectivity index (χ1v) is 8.73. The van der Waals surface area contributed by atoms with Crippen LogP contribution in [-0.2, 0) is 23.1 Å². The van der Waals surface area contributed by atoms with Crippen molar-refractivity contribution in [2.45, 2.75) is 31.8 Å². The highest BCUT2D eigenvalue weighted by Gasteiger charge is 2.08. The summed E-state index contributed by atoms with van der Waals surface area (Å²) in [6.07, 6.45) is 0.959. The lowest BCUT2D eigenvalue weighted by Crippen LogP contribution is -2.12. The normalized spacial score (nSPS) is 11.6. The first kappa shape index (κ1) is 16.5. The summed E-state index contributed by atoms with van der Waals surface area (Å²) >= 11 is 0. The molecule has 0 saturated heterocycles. The van der Waals surface area contributed by atoms with Gasteiger partial charge in [-0.05, 0) is 41.7 Å². The Hall–Kier alpha value is -1.85. The molecule has 0 aliphatic heterocycles. The molecule has 0 aliphatic carbocycles. The first-order valence-electron chi connectivity index (χ1n) is 7.18. The van der Waals surface area contributed by atoms with E-state index in [1.807, 2.05) is 18.2 Å². The third-order valence-electron chi connectivity index (χ3n) is 3.25. The topological polar surface area (TPSA) is 69.4 Å². The van der Waals surface area contributed by atoms with Gasteiger partial charge in [-0.3, -0.25) is 0 Å². The van der Waals surface area contributed by atoms with E-state index < -0.39 is 10.0 Å². The SMILES string of the molecule is CC(C)Cc1ccccc1OCc1ccc(S(N)(=O)=O)cc1. The van der Waals surface area contributed by atoms with Crippen molar-refractivity contribution in [1.82, 2.24) is 0 Å². The van der Waals surface area contributed by atoms with E-state index in [0.29, 0.717) is 12.5 Å². The van der Waals surface area contributed by atoms with Gasteiger partial charge in [-0.2, -0.15) is 0 Å². The van der Waals surface area contributed by atoms with E-state index in [2.05, 4.69) is 19.9 Å². The maximum atomic E-state index is 11.2. The molecule has 2 aromatic rings. The number of benzene rings is 2. The quantitative estimate of drug-likeness (QED) is 0.889. The fourth-order valence-corrected chi connectivity index (χ4v) is 2.70. The lowest BCUT2D eigenvalue weighted by Gasteiger charge is -2.13. The summed E-state index contributed by atoms with van der Waals surface area (Å²) in [4.78, 5) is 0.108. The first-order chi connectivity index (χ1) is 10.4. The minimum Gasteiger partial charge on any atom is -0.489 e. The fourth-order valence-electron chi connectivity index (χ4n) is 2.19. The average Bonchev–Trinajstić information content (AvgIpc) is 2.45. The van der Waals surface area contributed by atoms with Crippen molar-refractivity contribution in [3.63, 3.8) is 0 Å². The summed E-state index contributed by atoms with van der Waals surface area (Å²) < 4.78 is 28.3. The Morgan fingerprint density at radius 1 is 1.05 bits per heavy atom. The largest absolute Gasteiger partial charge is 0.489 e. The number of para-hydroxylation sites is 1. The lowest BCUT2D eigenvalue weighted by molar-refractivity contribution is 0.301. The summed E-state index contributed by atoms with van der Waals surface area (Å²) in [6, 6.07) is 14.4. The van der Waals surface area contributed by atoms with Crippen molar-refractivity contribution in [1.29, 1.82) is 0 Å². The summed E-state index contributed by atoms with van der Waals surface area (Å²) in [5, 5.41) is 5.08. The Kier molecular flexibility index (Phi) is 5.21. The fraction of sp³-hybridized carbons (Fsp3) is 0.294. The predicted octanol–water partition coefficient (Wildman–Crippen LogP) is 3.11. The molecule has 0 aromatic heterocycles. The van der Waals surface area contributed by atoms with E-state index in [9.17, 15) is 8.42 Å². The molecule has 0 amide bonds. The Bertz CT molecular complexity index is 722. The van der Waals surface area contributed by atoms with E-state index in [-0.39, 0.29) is 4.90 Å². The third-order valence-corrected chi connectivity index (χ3v) is 4.18. The Morgan fingerprint density at radius 3 is 2.27 bits per heavy atom. The minimum absolute atomic E-state index is 0.108. The highest BCUT2D eigenvalue weighted by Crippen LogP contribution is 2.22. The van der Waals surface area contributed by atoms with Crippen molar-refractivity contribution in [2.75, 3.05) is 0 Å². The lowest BCUT2D eigenvalue weighted by atomic mass is 10.0. The van der Waals surface area contributed by atoms with Crippen LogP contribution in [0.5, 0.6) is 5.75 Å². The van der Waals surface area contributed by atoms with Gasteiger partial charge in [0, 0.05) is 0 Å². The molecule has 0 spiro atoms. The molecular formula is C17H21NO3S. The van der Waals surface area contributed by atoms with Crippen molar-refractivity contribution < 1.29 is 13.2 Å². The summed E-state index contributed by atoms with van der Waals surface area (Å²) in [6.45, 7) is 4.73. The van der Waals surface area contributed by atoms with Gasteiger partial charge in [0.25, 0.3) is 0 Å². The molecule has 118 valence electrons. The predicted molar refractivity (Wildman–Crippen MR) is 87.1 cm³/mol. The number of nitrogens with two attached hydrogens (primary N) is 1. The molecule has 0 unspecified atom stereocenters. The van der Waals surface area contributed by atoms with Crippen LogP contribution in [0.15, 0.2) is 53.4 Å². The molecule has 22 heavy (non-hydrogen) atoms. The molecule has 2 rings (SSSR count). The smallest absolute Gasteiger partial charge is 0.238 e. The van der Waals surface area contributed by atoms with Gasteiger partial charge in [0.1, 0.15) is 12.4 Å². The molecule has 0 aliphatic rings. The summed E-state index contributed by atoms with van der Waals surface area (Å²) in [5.41, 5.74) is 2.07. The van der Waals surface area contributed by atoms with E-state index >= 15 is 0 Å². The Balaban J connectivity index is 2.07. The van der Waals surface area contributed by atoms with E-state index in [1.165, 1.54) is 17.7 Å². The van der Waals surface area contributed by atoms with Crippen LogP contribution in [0, 0.1) is 5.92 Å². The van der Waals surface area contributed by atoms with Gasteiger partial charge in [-0.1, -0.05) is 44.2 Å². The zero-order valence-corrected chi connectivity index (χ0v) is 13.6. The number of rotatable bonds is 6. The van der Waals surface area contributed by atoms with Crippen LogP contribution in [0.25, 0.3) is 0 Å². The molecule has 0 saturated carbocycles. The van der Waals surface area contributed by atoms with Crippen LogP contribution in [0.4, 0.5) is 0 Å². The van der Waals surface area contributed by atoms with E-state index in [0.717, 1.165) is 17.7 Å². The second-order valence-corrected chi connectivity index (χ2v) is 7.24. The minimum atomic E-state index is -3.65. The van der Waals surface area contributed by atoms with E-state index in [1.54, 1.807) is 12.1 Å². The van der Waals surface area contributed by atoms with Crippen molar-refractivity contribution in [3.05, 3.63) is 59.7 Å². The molecule has 0 heterocycles. The van der Waals surface area contributed by atoms with Crippen LogP contribution in [0.2, 0.25) is 0 Å². The molecular weight excluding hydrogens is 298 g/mol. The van der Waals surface area contributed by atoms with Crippen LogP contribution >= 0.6 is 0 Å². The van der Waals surface area contributed by atoms with Gasteiger partial charge in [0.2, 0.25) is 10.0 Å². The van der Waals surface area contributed by atoms with Gasteiger partial charge in [-0.25, -0.2) is 13.6 Å². The highest BCUT2D eigenvalue weighted by molar-refractivity contribution is 7.89. The van der Waals surface area contributed by atoms with Gasteiger partial charge in [-0.15, -0.1) is 0 Å². The molecule has 0 radical (unpaired) electrons. The van der Waals surface area contributed by atoms with Crippen molar-refractivity contribution in [2.24, 2.45) is 11.1 Å². The average molecular weight is 319 g/mol. The second kappa shape index (κ2) is 6.94. The monoisotopic (exact) mass is 319 g/mol. The number of hydrogen-bond acceptors (Lipinski definition) is 3. The summed E-state index contributed by atoms with van der Waals surface area (Å²) in [7, 11) is -3.65. The molecule has 0 atom stereocenters. The maximum Gasteiger partial charge on any atom is 0.238 e. The van der Waals surface area contributed by atoms with Gasteiger partial charge >= 0.3 is 0 Å². The Morgan fingerprint density at radius 2 is 1.68 bits per heavy atom. The van der Waals surface area contributed by atoms with Crippen LogP contribution in [0.3, 0.4) is 0 Å². The van der Waals surface area contributed by atoms with Crippen LogP contribution in [0.1, 0.15) is 25.0 Å². The van der Waals surface area contributed by atoms with Crippen LogP contribution < -0.4 is 9.88 Å². The van der Waals surface area contributed by atoms with E-state index in [4.69, 9.17) is 9.88 Å². The molecule has 2 N–H and O–H groups in total. The zero-order valence-electron chi connectivity index (χ0n) is 12.8. The summed E-state index contributed by atoms with van der Waals surface area (Å²) in [5.74, 6) is 1.42. The highest BCUT2D eigenvalue weighted by atomic mass is 32.2. The number of hydrogen-bond donors (Lipinski definition) is 1. The van der Waals surface area contributed by atoms with Gasteiger partial charge in [0.05, 0.1) is 4.90 Å². The Labute approximate surface area is 132 Å². The van der Waals surface area contributed by atoms with Gasteiger partial charge in [0.15, 0.2) is 0 Å². The standard InChI is InChI=1S/C17H21NO3S/c1-13(2)11-15-5-3-4-6-17(15)21-12-14-7-9-16(10-8-14)22(18,19)20/h3-10,13H,11-12H2,1-2H3,(H2,18,19,20). The second-order valence-electron chi connectivity index (χ2n) is 5.68. The zero-order chi connectivity index (χ0) is 16.2. The number of primary sulfonamides is 1. The number of ether oxygens (including phenoxy) is 1. The van der Waals surface area contributed by atoms with Gasteiger partial charge < -0.3 is 4.74 Å². The maximum absolute atomic E-state index is 11.2. The molecule has 0 bridgehead atoms. The molecule has 5 heteroatoms. The number of sulfonamides is 1. The molecule has 0 fully saturated rings. The van der Waals surface area contributed by atoms with Crippen LogP contribution in [-0.4, -0.2) is 8.42 Å².